The Kier molecular flexibility index (Phi) is 4.30. The van der Waals surface area contributed by atoms with E-state index in [1.807, 2.05) is 6.07 Å². The van der Waals surface area contributed by atoms with Crippen LogP contribution in [-0.4, -0.2) is 10.8 Å². The van der Waals surface area contributed by atoms with Gasteiger partial charge >= 0.3 is 0 Å². The molecule has 0 bridgehead atoms. The number of nitrogens with zero attached hydrogens (tertiary/aromatic N) is 2. The minimum absolute atomic E-state index is 0.149. The van der Waals surface area contributed by atoms with E-state index in [1.54, 1.807) is 18.2 Å². The molecule has 2 aromatic rings. The van der Waals surface area contributed by atoms with Crippen LogP contribution in [0.1, 0.15) is 15.9 Å². The Balaban J connectivity index is 2.28. The van der Waals surface area contributed by atoms with Crippen LogP contribution in [0.25, 0.3) is 0 Å². The summed E-state index contributed by atoms with van der Waals surface area (Å²) in [5.74, 6) is -0.516. The number of amides is 1. The molecule has 7 heteroatoms. The Morgan fingerprint density at radius 1 is 1.29 bits per heavy atom. The monoisotopic (exact) mass is 345 g/mol. The zero-order valence-corrected chi connectivity index (χ0v) is 12.1. The number of halogens is 1. The number of nitro benzene ring substituents is 1. The highest BCUT2D eigenvalue weighted by molar-refractivity contribution is 9.10. The summed E-state index contributed by atoms with van der Waals surface area (Å²) >= 11 is 3.23. The molecule has 0 aromatic heterocycles. The summed E-state index contributed by atoms with van der Waals surface area (Å²) in [6.45, 7) is 0. The fourth-order valence-electron chi connectivity index (χ4n) is 1.67. The van der Waals surface area contributed by atoms with Crippen LogP contribution in [0.3, 0.4) is 0 Å². The summed E-state index contributed by atoms with van der Waals surface area (Å²) in [5, 5.41) is 22.3. The largest absolute Gasteiger partial charge is 0.321 e. The SMILES string of the molecule is N#Cc1cc(Br)ccc1NC(=O)c1cccc([N+](=O)[O-])c1. The molecule has 0 spiro atoms. The maximum absolute atomic E-state index is 12.1. The Labute approximate surface area is 128 Å². The molecule has 1 N–H and O–H groups in total. The highest BCUT2D eigenvalue weighted by Gasteiger charge is 2.13. The van der Waals surface area contributed by atoms with E-state index >= 15 is 0 Å². The third kappa shape index (κ3) is 3.43. The molecule has 0 fully saturated rings. The van der Waals surface area contributed by atoms with Gasteiger partial charge in [-0.25, -0.2) is 0 Å². The number of non-ortho nitro benzene ring substituents is 1. The molecule has 0 heterocycles. The van der Waals surface area contributed by atoms with Crippen molar-refractivity contribution in [1.82, 2.24) is 0 Å². The predicted octanol–water partition coefficient (Wildman–Crippen LogP) is 3.48. The van der Waals surface area contributed by atoms with E-state index in [4.69, 9.17) is 5.26 Å². The van der Waals surface area contributed by atoms with E-state index in [2.05, 4.69) is 21.2 Å². The third-order valence-electron chi connectivity index (χ3n) is 2.67. The number of carbonyl (C=O) groups excluding carboxylic acids is 1. The fourth-order valence-corrected chi connectivity index (χ4v) is 2.03. The van der Waals surface area contributed by atoms with Gasteiger partial charge < -0.3 is 5.32 Å². The van der Waals surface area contributed by atoms with Crippen molar-refractivity contribution in [3.63, 3.8) is 0 Å². The van der Waals surface area contributed by atoms with E-state index in [0.29, 0.717) is 15.7 Å². The lowest BCUT2D eigenvalue weighted by atomic mass is 10.1. The van der Waals surface area contributed by atoms with Gasteiger partial charge in [0.05, 0.1) is 16.2 Å². The molecule has 1 amide bonds. The molecular formula is C14H8BrN3O3. The van der Waals surface area contributed by atoms with Gasteiger partial charge in [0.2, 0.25) is 0 Å². The summed E-state index contributed by atoms with van der Waals surface area (Å²) in [7, 11) is 0. The maximum atomic E-state index is 12.1. The quantitative estimate of drug-likeness (QED) is 0.680. The first-order valence-electron chi connectivity index (χ1n) is 5.76. The summed E-state index contributed by atoms with van der Waals surface area (Å²) in [6, 6.07) is 12.2. The first-order chi connectivity index (χ1) is 10.0. The zero-order chi connectivity index (χ0) is 15.4. The van der Waals surface area contributed by atoms with Gasteiger partial charge in [-0.1, -0.05) is 22.0 Å². The molecule has 0 aliphatic rings. The van der Waals surface area contributed by atoms with Crippen LogP contribution in [0.4, 0.5) is 11.4 Å². The molecule has 0 radical (unpaired) electrons. The molecule has 0 unspecified atom stereocenters. The van der Waals surface area contributed by atoms with Crippen molar-refractivity contribution in [1.29, 1.82) is 5.26 Å². The molecule has 2 rings (SSSR count). The van der Waals surface area contributed by atoms with Gasteiger partial charge in [-0.15, -0.1) is 0 Å². The molecule has 0 atom stereocenters. The van der Waals surface area contributed by atoms with Crippen LogP contribution in [0.2, 0.25) is 0 Å². The summed E-state index contributed by atoms with van der Waals surface area (Å²) in [5.41, 5.74) is 0.621. The van der Waals surface area contributed by atoms with Crippen LogP contribution < -0.4 is 5.32 Å². The first-order valence-corrected chi connectivity index (χ1v) is 6.56. The van der Waals surface area contributed by atoms with E-state index < -0.39 is 10.8 Å². The predicted molar refractivity (Wildman–Crippen MR) is 79.9 cm³/mol. The van der Waals surface area contributed by atoms with Gasteiger partial charge in [0.1, 0.15) is 6.07 Å². The highest BCUT2D eigenvalue weighted by atomic mass is 79.9. The number of nitro groups is 1. The molecular weight excluding hydrogens is 338 g/mol. The second-order valence-electron chi connectivity index (χ2n) is 4.06. The van der Waals surface area contributed by atoms with Gasteiger partial charge in [0.15, 0.2) is 0 Å². The van der Waals surface area contributed by atoms with Crippen LogP contribution in [0, 0.1) is 21.4 Å². The Bertz CT molecular complexity index is 768. The minimum atomic E-state index is -0.572. The Morgan fingerprint density at radius 3 is 2.71 bits per heavy atom. The van der Waals surface area contributed by atoms with E-state index in [-0.39, 0.29) is 11.3 Å². The summed E-state index contributed by atoms with van der Waals surface area (Å²) in [6.07, 6.45) is 0. The lowest BCUT2D eigenvalue weighted by Gasteiger charge is -2.07. The number of anilines is 1. The molecule has 0 saturated heterocycles. The topological polar surface area (TPSA) is 96.0 Å². The van der Waals surface area contributed by atoms with Crippen LogP contribution >= 0.6 is 15.9 Å². The lowest BCUT2D eigenvalue weighted by molar-refractivity contribution is -0.384. The number of carbonyl (C=O) groups is 1. The van der Waals surface area contributed by atoms with Gasteiger partial charge in [-0.05, 0) is 24.3 Å². The molecule has 21 heavy (non-hydrogen) atoms. The van der Waals surface area contributed by atoms with Crippen LogP contribution in [0.5, 0.6) is 0 Å². The molecule has 6 nitrogen and oxygen atoms in total. The number of benzene rings is 2. The molecule has 2 aromatic carbocycles. The normalized spacial score (nSPS) is 9.71. The van der Waals surface area contributed by atoms with E-state index in [0.717, 1.165) is 0 Å². The van der Waals surface area contributed by atoms with Crippen LogP contribution in [-0.2, 0) is 0 Å². The molecule has 0 aliphatic heterocycles. The minimum Gasteiger partial charge on any atom is -0.321 e. The maximum Gasteiger partial charge on any atom is 0.270 e. The van der Waals surface area contributed by atoms with Crippen molar-refractivity contribution in [2.45, 2.75) is 0 Å². The molecule has 104 valence electrons. The number of hydrogen-bond acceptors (Lipinski definition) is 4. The smallest absolute Gasteiger partial charge is 0.270 e. The number of rotatable bonds is 3. The average molecular weight is 346 g/mol. The third-order valence-corrected chi connectivity index (χ3v) is 3.16. The number of nitrogens with one attached hydrogen (secondary N) is 1. The number of nitriles is 1. The van der Waals surface area contributed by atoms with Gasteiger partial charge in [0.25, 0.3) is 11.6 Å². The lowest BCUT2D eigenvalue weighted by Crippen LogP contribution is -2.13. The van der Waals surface area contributed by atoms with Crippen molar-refractivity contribution in [3.05, 3.63) is 68.2 Å². The van der Waals surface area contributed by atoms with Crippen molar-refractivity contribution in [2.24, 2.45) is 0 Å². The van der Waals surface area contributed by atoms with E-state index in [1.165, 1.54) is 24.3 Å². The second-order valence-corrected chi connectivity index (χ2v) is 4.98. The Morgan fingerprint density at radius 2 is 2.05 bits per heavy atom. The standard InChI is InChI=1S/C14H8BrN3O3/c15-11-4-5-13(10(6-11)8-16)17-14(19)9-2-1-3-12(7-9)18(20)21/h1-7H,(H,17,19). The van der Waals surface area contributed by atoms with E-state index in [9.17, 15) is 14.9 Å². The van der Waals surface area contributed by atoms with Gasteiger partial charge in [-0.3, -0.25) is 14.9 Å². The average Bonchev–Trinajstić information content (AvgIpc) is 2.49. The van der Waals surface area contributed by atoms with Gasteiger partial charge in [-0.2, -0.15) is 5.26 Å². The number of hydrogen-bond donors (Lipinski definition) is 1. The van der Waals surface area contributed by atoms with Crippen molar-refractivity contribution >= 4 is 33.2 Å². The summed E-state index contributed by atoms with van der Waals surface area (Å²) < 4.78 is 0.715. The van der Waals surface area contributed by atoms with Gasteiger partial charge in [0, 0.05) is 22.2 Å². The van der Waals surface area contributed by atoms with Crippen LogP contribution in [0.15, 0.2) is 46.9 Å². The highest BCUT2D eigenvalue weighted by Crippen LogP contribution is 2.21. The van der Waals surface area contributed by atoms with Crippen molar-refractivity contribution in [3.8, 4) is 6.07 Å². The van der Waals surface area contributed by atoms with Crippen molar-refractivity contribution in [2.75, 3.05) is 5.32 Å². The molecule has 0 aliphatic carbocycles. The second kappa shape index (κ2) is 6.15. The fraction of sp³-hybridized carbons (Fsp3) is 0. The first kappa shape index (κ1) is 14.7. The zero-order valence-electron chi connectivity index (χ0n) is 10.5. The van der Waals surface area contributed by atoms with Crippen molar-refractivity contribution < 1.29 is 9.72 Å². The molecule has 0 saturated carbocycles. The summed E-state index contributed by atoms with van der Waals surface area (Å²) in [4.78, 5) is 22.2. The Hall–Kier alpha value is -2.72.